The summed E-state index contributed by atoms with van der Waals surface area (Å²) in [7, 11) is 0. The second-order valence-electron chi connectivity index (χ2n) is 5.74. The van der Waals surface area contributed by atoms with Gasteiger partial charge in [0.15, 0.2) is 0 Å². The molecule has 0 aromatic heterocycles. The number of nitrogens with two attached hydrogens (primary N) is 1. The topological polar surface area (TPSA) is 87.2 Å². The molecule has 0 radical (unpaired) electrons. The monoisotopic (exact) mass is 385 g/mol. The van der Waals surface area contributed by atoms with E-state index in [1.165, 1.54) is 41.3 Å². The molecule has 2 amide bonds. The van der Waals surface area contributed by atoms with Gasteiger partial charge in [-0.25, -0.2) is 8.78 Å². The summed E-state index contributed by atoms with van der Waals surface area (Å²) in [5.41, 5.74) is 5.97. The smallest absolute Gasteiger partial charge is 0.262 e. The highest BCUT2D eigenvalue weighted by Gasteiger charge is 2.40. The van der Waals surface area contributed by atoms with E-state index in [0.717, 1.165) is 17.3 Å². The van der Waals surface area contributed by atoms with E-state index in [9.17, 15) is 23.6 Å². The van der Waals surface area contributed by atoms with E-state index in [2.05, 4.69) is 0 Å². The number of hydrogen-bond donors (Lipinski definition) is 1. The molecule has 0 unspecified atom stereocenters. The van der Waals surface area contributed by atoms with Crippen molar-refractivity contribution in [1.82, 2.24) is 0 Å². The molecule has 8 heteroatoms. The maximum Gasteiger partial charge on any atom is 0.262 e. The van der Waals surface area contributed by atoms with Crippen molar-refractivity contribution < 1.29 is 18.4 Å². The number of rotatable bonds is 4. The van der Waals surface area contributed by atoms with Gasteiger partial charge in [0.1, 0.15) is 28.3 Å². The third-order valence-corrected chi connectivity index (χ3v) is 5.21. The Labute approximate surface area is 158 Å². The predicted octanol–water partition coefficient (Wildman–Crippen LogP) is 2.88. The van der Waals surface area contributed by atoms with E-state index in [-0.39, 0.29) is 22.9 Å². The molecule has 0 spiro atoms. The lowest BCUT2D eigenvalue weighted by molar-refractivity contribution is -0.117. The van der Waals surface area contributed by atoms with Gasteiger partial charge in [-0.15, -0.1) is 0 Å². The third kappa shape index (κ3) is 3.83. The molecule has 27 heavy (non-hydrogen) atoms. The van der Waals surface area contributed by atoms with Crippen LogP contribution in [0.2, 0.25) is 0 Å². The zero-order valence-corrected chi connectivity index (χ0v) is 14.7. The Morgan fingerprint density at radius 1 is 1.11 bits per heavy atom. The van der Waals surface area contributed by atoms with Crippen LogP contribution in [0.15, 0.2) is 59.1 Å². The Hall–Kier alpha value is -3.18. The summed E-state index contributed by atoms with van der Waals surface area (Å²) in [4.78, 5) is 25.8. The van der Waals surface area contributed by atoms with Crippen molar-refractivity contribution in [3.63, 3.8) is 0 Å². The largest absolute Gasteiger partial charge is 0.365 e. The van der Waals surface area contributed by atoms with Gasteiger partial charge >= 0.3 is 0 Å². The fourth-order valence-electron chi connectivity index (χ4n) is 2.66. The van der Waals surface area contributed by atoms with Crippen molar-refractivity contribution in [3.05, 3.63) is 76.3 Å². The van der Waals surface area contributed by atoms with Gasteiger partial charge in [0, 0.05) is 5.69 Å². The maximum absolute atomic E-state index is 13.2. The fourth-order valence-corrected chi connectivity index (χ4v) is 3.98. The lowest BCUT2D eigenvalue weighted by Crippen LogP contribution is -2.31. The van der Waals surface area contributed by atoms with Crippen LogP contribution in [0.3, 0.4) is 0 Å². The lowest BCUT2D eigenvalue weighted by Gasteiger charge is -2.18. The zero-order valence-electron chi connectivity index (χ0n) is 13.9. The number of benzene rings is 2. The summed E-state index contributed by atoms with van der Waals surface area (Å²) >= 11 is 1.03. The Morgan fingerprint density at radius 2 is 1.67 bits per heavy atom. The van der Waals surface area contributed by atoms with Crippen LogP contribution in [0.4, 0.5) is 14.5 Å². The summed E-state index contributed by atoms with van der Waals surface area (Å²) in [5, 5.41) is 8.76. The summed E-state index contributed by atoms with van der Waals surface area (Å²) in [5.74, 6) is -2.21. The summed E-state index contributed by atoms with van der Waals surface area (Å²) < 4.78 is 26.3. The Kier molecular flexibility index (Phi) is 5.23. The second-order valence-corrected chi connectivity index (χ2v) is 6.93. The van der Waals surface area contributed by atoms with Gasteiger partial charge in [-0.1, -0.05) is 23.9 Å². The number of hydrogen-bond acceptors (Lipinski definition) is 4. The minimum atomic E-state index is -0.956. The molecule has 0 aliphatic carbocycles. The predicted molar refractivity (Wildman–Crippen MR) is 97.2 cm³/mol. The molecule has 1 atom stereocenters. The summed E-state index contributed by atoms with van der Waals surface area (Å²) in [6, 6.07) is 12.5. The van der Waals surface area contributed by atoms with E-state index >= 15 is 0 Å². The van der Waals surface area contributed by atoms with E-state index in [0.29, 0.717) is 5.69 Å². The molecule has 1 aliphatic heterocycles. The molecule has 1 heterocycles. The average molecular weight is 385 g/mol. The second kappa shape index (κ2) is 7.60. The molecule has 2 aromatic rings. The first-order valence-corrected chi connectivity index (χ1v) is 8.73. The lowest BCUT2D eigenvalue weighted by atomic mass is 10.1. The van der Waals surface area contributed by atoms with Gasteiger partial charge in [-0.2, -0.15) is 5.26 Å². The highest BCUT2D eigenvalue weighted by molar-refractivity contribution is 8.05. The van der Waals surface area contributed by atoms with Crippen LogP contribution in [0.25, 0.3) is 0 Å². The van der Waals surface area contributed by atoms with Crippen LogP contribution in [-0.4, -0.2) is 17.1 Å². The van der Waals surface area contributed by atoms with Crippen molar-refractivity contribution in [2.45, 2.75) is 11.7 Å². The molecule has 2 aromatic carbocycles. The first kappa shape index (κ1) is 18.6. The number of amides is 2. The standard InChI is InChI=1S/C19H13F2N3O2S/c20-12-3-1-11(2-4-12)9-16-18(26)24(14-7-5-13(21)6-8-14)19(27-16)15(10-22)17(23)25/h1-8,16H,9H2,(H2,23,25)/b19-15-/t16-/m0/s1. The molecular weight excluding hydrogens is 372 g/mol. The maximum atomic E-state index is 13.2. The number of nitrogens with zero attached hydrogens (tertiary/aromatic N) is 2. The molecule has 1 aliphatic rings. The SMILES string of the molecule is N#C/C(C(N)=O)=C1/S[C@@H](Cc2ccc(F)cc2)C(=O)N1c1ccc(F)cc1. The van der Waals surface area contributed by atoms with E-state index < -0.39 is 22.8 Å². The Morgan fingerprint density at radius 3 is 2.19 bits per heavy atom. The van der Waals surface area contributed by atoms with Crippen molar-refractivity contribution >= 4 is 29.3 Å². The van der Waals surface area contributed by atoms with Crippen LogP contribution >= 0.6 is 11.8 Å². The molecule has 1 fully saturated rings. The van der Waals surface area contributed by atoms with Crippen LogP contribution in [0.5, 0.6) is 0 Å². The first-order chi connectivity index (χ1) is 12.9. The molecule has 136 valence electrons. The molecule has 0 bridgehead atoms. The van der Waals surface area contributed by atoms with Gasteiger partial charge in [0.2, 0.25) is 5.91 Å². The molecular formula is C19H13F2N3O2S. The third-order valence-electron chi connectivity index (χ3n) is 3.94. The Bertz CT molecular complexity index is 966. The van der Waals surface area contributed by atoms with Gasteiger partial charge in [0.05, 0.1) is 5.25 Å². The quantitative estimate of drug-likeness (QED) is 0.648. The normalized spacial score (nSPS) is 18.3. The van der Waals surface area contributed by atoms with Crippen LogP contribution < -0.4 is 10.6 Å². The Balaban J connectivity index is 2.01. The molecule has 2 N–H and O–H groups in total. The van der Waals surface area contributed by atoms with E-state index in [1.54, 1.807) is 18.2 Å². The fraction of sp³-hybridized carbons (Fsp3) is 0.105. The van der Waals surface area contributed by atoms with Crippen molar-refractivity contribution in [2.24, 2.45) is 5.73 Å². The van der Waals surface area contributed by atoms with Crippen LogP contribution in [0, 0.1) is 23.0 Å². The van der Waals surface area contributed by atoms with Crippen molar-refractivity contribution in [3.8, 4) is 6.07 Å². The van der Waals surface area contributed by atoms with Gasteiger partial charge in [-0.05, 0) is 48.4 Å². The number of nitriles is 1. The van der Waals surface area contributed by atoms with E-state index in [4.69, 9.17) is 5.73 Å². The summed E-state index contributed by atoms with van der Waals surface area (Å²) in [6.45, 7) is 0. The highest BCUT2D eigenvalue weighted by atomic mass is 32.2. The number of primary amides is 1. The summed E-state index contributed by atoms with van der Waals surface area (Å²) in [6.07, 6.45) is 0.266. The van der Waals surface area contributed by atoms with Gasteiger partial charge in [-0.3, -0.25) is 14.5 Å². The van der Waals surface area contributed by atoms with Crippen LogP contribution in [0.1, 0.15) is 5.56 Å². The molecule has 5 nitrogen and oxygen atoms in total. The number of carbonyl (C=O) groups excluding carboxylic acids is 2. The van der Waals surface area contributed by atoms with Crippen molar-refractivity contribution in [1.29, 1.82) is 5.26 Å². The molecule has 1 saturated heterocycles. The first-order valence-electron chi connectivity index (χ1n) is 7.85. The van der Waals surface area contributed by atoms with Gasteiger partial charge < -0.3 is 5.73 Å². The minimum absolute atomic E-state index is 0.105. The average Bonchev–Trinajstić information content (AvgIpc) is 2.94. The van der Waals surface area contributed by atoms with Crippen molar-refractivity contribution in [2.75, 3.05) is 4.90 Å². The van der Waals surface area contributed by atoms with E-state index in [1.807, 2.05) is 0 Å². The zero-order chi connectivity index (χ0) is 19.6. The van der Waals surface area contributed by atoms with Gasteiger partial charge in [0.25, 0.3) is 5.91 Å². The van der Waals surface area contributed by atoms with Crippen LogP contribution in [-0.2, 0) is 16.0 Å². The number of halogens is 2. The molecule has 3 rings (SSSR count). The number of carbonyl (C=O) groups is 2. The molecule has 0 saturated carbocycles. The highest BCUT2D eigenvalue weighted by Crippen LogP contribution is 2.41. The number of anilines is 1. The number of thioether (sulfide) groups is 1. The minimum Gasteiger partial charge on any atom is -0.365 e.